The largest absolute Gasteiger partial charge is 0.462 e. The Morgan fingerprint density at radius 3 is 2.55 bits per heavy atom. The lowest BCUT2D eigenvalue weighted by molar-refractivity contribution is -0.146. The molecule has 1 saturated carbocycles. The van der Waals surface area contributed by atoms with Crippen LogP contribution in [0.3, 0.4) is 0 Å². The minimum absolute atomic E-state index is 0.0712. The SMILES string of the molecule is CC(=O)O[C@H]1CCc2c(ccc3c2CC[C@]2(C)[C@@H]([C@H](C)CC[C@H](C)C(C)C)CC[C@@H]32)C1. The summed E-state index contributed by atoms with van der Waals surface area (Å²) in [6, 6.07) is 4.83. The molecule has 3 aliphatic rings. The molecule has 31 heavy (non-hydrogen) atoms. The molecule has 0 saturated heterocycles. The van der Waals surface area contributed by atoms with Crippen molar-refractivity contribution in [3.05, 3.63) is 34.4 Å². The van der Waals surface area contributed by atoms with Crippen molar-refractivity contribution in [1.29, 1.82) is 0 Å². The van der Waals surface area contributed by atoms with Gasteiger partial charge in [-0.15, -0.1) is 0 Å². The smallest absolute Gasteiger partial charge is 0.302 e. The third-order valence-electron chi connectivity index (χ3n) is 9.66. The highest BCUT2D eigenvalue weighted by atomic mass is 16.5. The number of carbonyl (C=O) groups excluding carboxylic acids is 1. The van der Waals surface area contributed by atoms with Gasteiger partial charge in [-0.1, -0.05) is 59.6 Å². The lowest BCUT2D eigenvalue weighted by atomic mass is 9.59. The van der Waals surface area contributed by atoms with Crippen molar-refractivity contribution in [1.82, 2.24) is 0 Å². The van der Waals surface area contributed by atoms with E-state index >= 15 is 0 Å². The summed E-state index contributed by atoms with van der Waals surface area (Å²) < 4.78 is 5.53. The molecule has 0 spiro atoms. The van der Waals surface area contributed by atoms with Crippen molar-refractivity contribution < 1.29 is 9.53 Å². The number of carbonyl (C=O) groups is 1. The Labute approximate surface area is 190 Å². The summed E-state index contributed by atoms with van der Waals surface area (Å²) in [5.41, 5.74) is 6.85. The Hall–Kier alpha value is -1.31. The molecule has 0 heterocycles. The van der Waals surface area contributed by atoms with E-state index in [9.17, 15) is 4.79 Å². The quantitative estimate of drug-likeness (QED) is 0.449. The van der Waals surface area contributed by atoms with Gasteiger partial charge in [0.25, 0.3) is 0 Å². The Balaban J connectivity index is 1.51. The van der Waals surface area contributed by atoms with Gasteiger partial charge in [-0.05, 0) is 95.8 Å². The van der Waals surface area contributed by atoms with E-state index in [1.54, 1.807) is 16.7 Å². The van der Waals surface area contributed by atoms with Crippen LogP contribution < -0.4 is 0 Å². The molecule has 1 aromatic carbocycles. The van der Waals surface area contributed by atoms with Crippen molar-refractivity contribution in [2.45, 2.75) is 111 Å². The summed E-state index contributed by atoms with van der Waals surface area (Å²) in [5.74, 6) is 3.93. The number of hydrogen-bond donors (Lipinski definition) is 0. The molecule has 3 aliphatic carbocycles. The lowest BCUT2D eigenvalue weighted by Gasteiger charge is -2.45. The maximum absolute atomic E-state index is 11.4. The van der Waals surface area contributed by atoms with E-state index in [0.29, 0.717) is 5.41 Å². The van der Waals surface area contributed by atoms with Gasteiger partial charge in [0.2, 0.25) is 0 Å². The highest BCUT2D eigenvalue weighted by molar-refractivity contribution is 5.66. The molecule has 2 heteroatoms. The Morgan fingerprint density at radius 1 is 1.06 bits per heavy atom. The third-order valence-corrected chi connectivity index (χ3v) is 9.66. The number of ether oxygens (including phenoxy) is 1. The standard InChI is InChI=1S/C29H44O2/c1-18(2)19(3)7-8-20(4)27-13-14-28-26-11-9-22-17-23(31-21(5)30)10-12-24(22)25(26)15-16-29(27,28)6/h9,11,18-20,23,27-28H,7-8,10,12-17H2,1-6H3/t19-,20+,23-,27+,28-,29+/m0/s1. The summed E-state index contributed by atoms with van der Waals surface area (Å²) in [5, 5.41) is 0. The van der Waals surface area contributed by atoms with Gasteiger partial charge in [-0.2, -0.15) is 0 Å². The molecule has 1 aromatic rings. The van der Waals surface area contributed by atoms with Crippen LogP contribution in [0.15, 0.2) is 12.1 Å². The monoisotopic (exact) mass is 424 g/mol. The third kappa shape index (κ3) is 4.33. The normalized spacial score (nSPS) is 31.5. The van der Waals surface area contributed by atoms with E-state index in [4.69, 9.17) is 4.74 Å². The average Bonchev–Trinajstić information content (AvgIpc) is 3.08. The van der Waals surface area contributed by atoms with Gasteiger partial charge in [0.15, 0.2) is 0 Å². The van der Waals surface area contributed by atoms with Crippen LogP contribution >= 0.6 is 0 Å². The van der Waals surface area contributed by atoms with Crippen molar-refractivity contribution in [3.63, 3.8) is 0 Å². The topological polar surface area (TPSA) is 26.3 Å². The van der Waals surface area contributed by atoms with Crippen LogP contribution in [0.4, 0.5) is 0 Å². The Kier molecular flexibility index (Phi) is 6.57. The zero-order chi connectivity index (χ0) is 22.3. The second-order valence-corrected chi connectivity index (χ2v) is 11.8. The lowest BCUT2D eigenvalue weighted by Crippen LogP contribution is -2.36. The minimum Gasteiger partial charge on any atom is -0.462 e. The fourth-order valence-corrected chi connectivity index (χ4v) is 7.40. The van der Waals surface area contributed by atoms with Crippen LogP contribution in [0.2, 0.25) is 0 Å². The molecule has 1 fully saturated rings. The van der Waals surface area contributed by atoms with E-state index in [1.165, 1.54) is 51.0 Å². The van der Waals surface area contributed by atoms with Gasteiger partial charge in [-0.3, -0.25) is 4.79 Å². The van der Waals surface area contributed by atoms with E-state index in [2.05, 4.69) is 46.8 Å². The number of esters is 1. The van der Waals surface area contributed by atoms with Crippen LogP contribution in [0.1, 0.15) is 108 Å². The highest BCUT2D eigenvalue weighted by Crippen LogP contribution is 2.61. The van der Waals surface area contributed by atoms with Crippen LogP contribution in [-0.2, 0) is 28.8 Å². The van der Waals surface area contributed by atoms with E-state index in [0.717, 1.165) is 48.9 Å². The molecular formula is C29H44O2. The van der Waals surface area contributed by atoms with Crippen molar-refractivity contribution in [3.8, 4) is 0 Å². The van der Waals surface area contributed by atoms with Gasteiger partial charge in [0.1, 0.15) is 6.10 Å². The molecular weight excluding hydrogens is 380 g/mol. The van der Waals surface area contributed by atoms with E-state index < -0.39 is 0 Å². The highest BCUT2D eigenvalue weighted by Gasteiger charge is 2.51. The number of benzene rings is 1. The predicted molar refractivity (Wildman–Crippen MR) is 128 cm³/mol. The fourth-order valence-electron chi connectivity index (χ4n) is 7.40. The summed E-state index contributed by atoms with van der Waals surface area (Å²) in [6.07, 6.45) is 11.2. The summed E-state index contributed by atoms with van der Waals surface area (Å²) in [6.45, 7) is 13.9. The first-order valence-corrected chi connectivity index (χ1v) is 13.0. The van der Waals surface area contributed by atoms with Gasteiger partial charge < -0.3 is 4.74 Å². The molecule has 6 atom stereocenters. The second kappa shape index (κ2) is 8.91. The van der Waals surface area contributed by atoms with Gasteiger partial charge in [0.05, 0.1) is 0 Å². The van der Waals surface area contributed by atoms with Crippen LogP contribution in [0.5, 0.6) is 0 Å². The maximum atomic E-state index is 11.4. The second-order valence-electron chi connectivity index (χ2n) is 11.8. The fraction of sp³-hybridized carbons (Fsp3) is 0.759. The van der Waals surface area contributed by atoms with E-state index in [1.807, 2.05) is 0 Å². The van der Waals surface area contributed by atoms with Gasteiger partial charge in [0, 0.05) is 13.3 Å². The maximum Gasteiger partial charge on any atom is 0.302 e. The molecule has 2 nitrogen and oxygen atoms in total. The van der Waals surface area contributed by atoms with Gasteiger partial charge >= 0.3 is 5.97 Å². The zero-order valence-corrected chi connectivity index (χ0v) is 20.8. The molecule has 4 rings (SSSR count). The molecule has 0 N–H and O–H groups in total. The molecule has 0 bridgehead atoms. The van der Waals surface area contributed by atoms with Crippen LogP contribution in [-0.4, -0.2) is 12.1 Å². The first kappa shape index (κ1) is 22.9. The zero-order valence-electron chi connectivity index (χ0n) is 20.8. The van der Waals surface area contributed by atoms with E-state index in [-0.39, 0.29) is 12.1 Å². The van der Waals surface area contributed by atoms with Crippen LogP contribution in [0.25, 0.3) is 0 Å². The van der Waals surface area contributed by atoms with Crippen molar-refractivity contribution >= 4 is 5.97 Å². The Bertz CT molecular complexity index is 809. The number of fused-ring (bicyclic) bond motifs is 5. The van der Waals surface area contributed by atoms with Crippen molar-refractivity contribution in [2.24, 2.45) is 29.1 Å². The first-order chi connectivity index (χ1) is 14.7. The molecule has 172 valence electrons. The summed E-state index contributed by atoms with van der Waals surface area (Å²) in [7, 11) is 0. The average molecular weight is 425 g/mol. The van der Waals surface area contributed by atoms with Crippen molar-refractivity contribution in [2.75, 3.05) is 0 Å². The van der Waals surface area contributed by atoms with Gasteiger partial charge in [-0.25, -0.2) is 0 Å². The molecule has 0 unspecified atom stereocenters. The number of rotatable bonds is 6. The van der Waals surface area contributed by atoms with Crippen LogP contribution in [0, 0.1) is 29.1 Å². The number of hydrogen-bond acceptors (Lipinski definition) is 2. The molecule has 0 radical (unpaired) electrons. The predicted octanol–water partition coefficient (Wildman–Crippen LogP) is 7.26. The first-order valence-electron chi connectivity index (χ1n) is 13.0. The molecule has 0 aromatic heterocycles. The minimum atomic E-state index is -0.143. The summed E-state index contributed by atoms with van der Waals surface area (Å²) in [4.78, 5) is 11.4. The molecule has 0 amide bonds. The molecule has 0 aliphatic heterocycles. The Morgan fingerprint density at radius 2 is 1.84 bits per heavy atom. The summed E-state index contributed by atoms with van der Waals surface area (Å²) >= 11 is 0.